The van der Waals surface area contributed by atoms with Gasteiger partial charge in [-0.25, -0.2) is 0 Å². The highest BCUT2D eigenvalue weighted by Gasteiger charge is 2.23. The third-order valence-corrected chi connectivity index (χ3v) is 2.98. The van der Waals surface area contributed by atoms with Crippen molar-refractivity contribution in [2.45, 2.75) is 25.3 Å². The molecular weight excluding hydrogens is 194 g/mol. The molecule has 2 saturated heterocycles. The predicted octanol–water partition coefficient (Wildman–Crippen LogP) is -0.913. The molecule has 2 rings (SSSR count). The van der Waals surface area contributed by atoms with Gasteiger partial charge in [-0.1, -0.05) is 0 Å². The van der Waals surface area contributed by atoms with Gasteiger partial charge in [0.25, 0.3) is 0 Å². The molecule has 2 heterocycles. The van der Waals surface area contributed by atoms with Crippen molar-refractivity contribution in [3.63, 3.8) is 0 Å². The molecule has 0 bridgehead atoms. The summed E-state index contributed by atoms with van der Waals surface area (Å²) in [5.74, 6) is 0.230. The molecule has 2 N–H and O–H groups in total. The number of carbonyl (C=O) groups is 2. The van der Waals surface area contributed by atoms with Crippen molar-refractivity contribution in [2.75, 3.05) is 26.2 Å². The lowest BCUT2D eigenvalue weighted by atomic mass is 10.2. The number of nitrogens with one attached hydrogen (secondary N) is 2. The summed E-state index contributed by atoms with van der Waals surface area (Å²) in [7, 11) is 0. The molecule has 2 aliphatic heterocycles. The molecule has 0 saturated carbocycles. The monoisotopic (exact) mass is 211 g/mol. The first-order valence-electron chi connectivity index (χ1n) is 5.53. The van der Waals surface area contributed by atoms with E-state index in [0.717, 1.165) is 25.9 Å². The van der Waals surface area contributed by atoms with Crippen LogP contribution >= 0.6 is 0 Å². The maximum Gasteiger partial charge on any atom is 0.236 e. The molecular formula is C10H17N3O2. The van der Waals surface area contributed by atoms with Gasteiger partial charge >= 0.3 is 0 Å². The highest BCUT2D eigenvalue weighted by atomic mass is 16.2. The van der Waals surface area contributed by atoms with Crippen molar-refractivity contribution in [3.8, 4) is 0 Å². The molecule has 0 spiro atoms. The van der Waals surface area contributed by atoms with Gasteiger partial charge < -0.3 is 15.5 Å². The maximum absolute atomic E-state index is 11.6. The lowest BCUT2D eigenvalue weighted by Crippen LogP contribution is -2.41. The molecule has 0 aromatic rings. The van der Waals surface area contributed by atoms with E-state index in [4.69, 9.17) is 0 Å². The molecule has 0 aromatic carbocycles. The van der Waals surface area contributed by atoms with Crippen LogP contribution in [0.1, 0.15) is 19.3 Å². The fourth-order valence-electron chi connectivity index (χ4n) is 2.06. The molecule has 1 unspecified atom stereocenters. The van der Waals surface area contributed by atoms with Crippen LogP contribution < -0.4 is 10.6 Å². The molecule has 0 radical (unpaired) electrons. The van der Waals surface area contributed by atoms with Gasteiger partial charge in [0.15, 0.2) is 0 Å². The average molecular weight is 211 g/mol. The lowest BCUT2D eigenvalue weighted by molar-refractivity contribution is -0.129. The zero-order valence-electron chi connectivity index (χ0n) is 8.79. The number of hydrogen-bond donors (Lipinski definition) is 2. The fourth-order valence-corrected chi connectivity index (χ4v) is 2.06. The molecule has 2 aliphatic rings. The van der Waals surface area contributed by atoms with E-state index in [-0.39, 0.29) is 17.9 Å². The third-order valence-electron chi connectivity index (χ3n) is 2.98. The van der Waals surface area contributed by atoms with Crippen LogP contribution in [0.15, 0.2) is 0 Å². The SMILES string of the molecule is O=C1CC(NCC(=O)N2CCCC2)CN1. The van der Waals surface area contributed by atoms with E-state index in [0.29, 0.717) is 19.5 Å². The van der Waals surface area contributed by atoms with Gasteiger partial charge in [0.2, 0.25) is 11.8 Å². The minimum absolute atomic E-state index is 0.0705. The molecule has 1 atom stereocenters. The van der Waals surface area contributed by atoms with E-state index in [1.54, 1.807) is 0 Å². The predicted molar refractivity (Wildman–Crippen MR) is 55.2 cm³/mol. The van der Waals surface area contributed by atoms with Crippen molar-refractivity contribution >= 4 is 11.8 Å². The van der Waals surface area contributed by atoms with Crippen molar-refractivity contribution in [1.82, 2.24) is 15.5 Å². The van der Waals surface area contributed by atoms with Gasteiger partial charge in [-0.05, 0) is 12.8 Å². The van der Waals surface area contributed by atoms with Gasteiger partial charge in [0.05, 0.1) is 6.54 Å². The van der Waals surface area contributed by atoms with Crippen molar-refractivity contribution < 1.29 is 9.59 Å². The Balaban J connectivity index is 1.68. The van der Waals surface area contributed by atoms with Crippen LogP contribution in [0.4, 0.5) is 0 Å². The van der Waals surface area contributed by atoms with E-state index in [2.05, 4.69) is 10.6 Å². The molecule has 2 amide bonds. The Morgan fingerprint density at radius 1 is 1.47 bits per heavy atom. The number of hydrogen-bond acceptors (Lipinski definition) is 3. The Hall–Kier alpha value is -1.10. The van der Waals surface area contributed by atoms with Crippen molar-refractivity contribution in [1.29, 1.82) is 0 Å². The average Bonchev–Trinajstić information content (AvgIpc) is 2.84. The Labute approximate surface area is 89.2 Å². The van der Waals surface area contributed by atoms with Gasteiger partial charge in [-0.2, -0.15) is 0 Å². The highest BCUT2D eigenvalue weighted by Crippen LogP contribution is 2.07. The van der Waals surface area contributed by atoms with E-state index < -0.39 is 0 Å². The first-order chi connectivity index (χ1) is 7.25. The summed E-state index contributed by atoms with van der Waals surface area (Å²) < 4.78 is 0. The summed E-state index contributed by atoms with van der Waals surface area (Å²) in [5, 5.41) is 5.85. The zero-order valence-corrected chi connectivity index (χ0v) is 8.79. The minimum atomic E-state index is 0.0705. The fraction of sp³-hybridized carbons (Fsp3) is 0.800. The van der Waals surface area contributed by atoms with Gasteiger partial charge in [0, 0.05) is 32.1 Å². The van der Waals surface area contributed by atoms with Crippen molar-refractivity contribution in [2.24, 2.45) is 0 Å². The number of rotatable bonds is 3. The second-order valence-electron chi connectivity index (χ2n) is 4.17. The molecule has 15 heavy (non-hydrogen) atoms. The minimum Gasteiger partial charge on any atom is -0.354 e. The van der Waals surface area contributed by atoms with E-state index in [9.17, 15) is 9.59 Å². The smallest absolute Gasteiger partial charge is 0.236 e. The standard InChI is InChI=1S/C10H17N3O2/c14-9-5-8(6-12-9)11-7-10(15)13-3-1-2-4-13/h8,11H,1-7H2,(H,12,14). The topological polar surface area (TPSA) is 61.4 Å². The molecule has 84 valence electrons. The second-order valence-corrected chi connectivity index (χ2v) is 4.17. The Morgan fingerprint density at radius 2 is 2.20 bits per heavy atom. The summed E-state index contributed by atoms with van der Waals surface area (Å²) in [4.78, 5) is 24.4. The number of amides is 2. The summed E-state index contributed by atoms with van der Waals surface area (Å²) in [6.07, 6.45) is 2.73. The van der Waals surface area contributed by atoms with Crippen LogP contribution in [0, 0.1) is 0 Å². The summed E-state index contributed by atoms with van der Waals surface area (Å²) in [6, 6.07) is 0.129. The summed E-state index contributed by atoms with van der Waals surface area (Å²) in [6.45, 7) is 2.79. The largest absolute Gasteiger partial charge is 0.354 e. The van der Waals surface area contributed by atoms with E-state index >= 15 is 0 Å². The number of nitrogens with zero attached hydrogens (tertiary/aromatic N) is 1. The second kappa shape index (κ2) is 4.61. The first-order valence-corrected chi connectivity index (χ1v) is 5.53. The van der Waals surface area contributed by atoms with Crippen LogP contribution in [0.2, 0.25) is 0 Å². The van der Waals surface area contributed by atoms with E-state index in [1.165, 1.54) is 0 Å². The molecule has 0 aliphatic carbocycles. The Bertz CT molecular complexity index is 261. The van der Waals surface area contributed by atoms with Crippen molar-refractivity contribution in [3.05, 3.63) is 0 Å². The van der Waals surface area contributed by atoms with Crippen LogP contribution in [0.25, 0.3) is 0 Å². The molecule has 5 heteroatoms. The zero-order chi connectivity index (χ0) is 10.7. The maximum atomic E-state index is 11.6. The van der Waals surface area contributed by atoms with Crippen LogP contribution in [0.3, 0.4) is 0 Å². The lowest BCUT2D eigenvalue weighted by Gasteiger charge is -2.17. The Morgan fingerprint density at radius 3 is 2.80 bits per heavy atom. The highest BCUT2D eigenvalue weighted by molar-refractivity contribution is 5.80. The normalized spacial score (nSPS) is 25.7. The molecule has 0 aromatic heterocycles. The number of carbonyl (C=O) groups excluding carboxylic acids is 2. The molecule has 5 nitrogen and oxygen atoms in total. The van der Waals surface area contributed by atoms with Gasteiger partial charge in [0.1, 0.15) is 0 Å². The van der Waals surface area contributed by atoms with Crippen LogP contribution in [0.5, 0.6) is 0 Å². The summed E-state index contributed by atoms with van der Waals surface area (Å²) in [5.41, 5.74) is 0. The van der Waals surface area contributed by atoms with Crippen LogP contribution in [-0.2, 0) is 9.59 Å². The number of likely N-dealkylation sites (tertiary alicyclic amines) is 1. The Kier molecular flexibility index (Phi) is 3.20. The van der Waals surface area contributed by atoms with E-state index in [1.807, 2.05) is 4.90 Å². The van der Waals surface area contributed by atoms with Gasteiger partial charge in [-0.3, -0.25) is 9.59 Å². The summed E-state index contributed by atoms with van der Waals surface area (Å²) >= 11 is 0. The molecule has 2 fully saturated rings. The quantitative estimate of drug-likeness (QED) is 0.635. The third kappa shape index (κ3) is 2.68. The van der Waals surface area contributed by atoms with Gasteiger partial charge in [-0.15, -0.1) is 0 Å². The van der Waals surface area contributed by atoms with Crippen LogP contribution in [-0.4, -0.2) is 48.9 Å². The first kappa shape index (κ1) is 10.4.